The van der Waals surface area contributed by atoms with Crippen LogP contribution in [0.1, 0.15) is 12.8 Å². The number of hydrogen-bond donors (Lipinski definition) is 3. The first-order valence-corrected chi connectivity index (χ1v) is 7.70. The van der Waals surface area contributed by atoms with Gasteiger partial charge in [0, 0.05) is 17.6 Å². The van der Waals surface area contributed by atoms with Crippen molar-refractivity contribution in [3.63, 3.8) is 0 Å². The van der Waals surface area contributed by atoms with Crippen molar-refractivity contribution >= 4 is 39.7 Å². The molecule has 0 aliphatic rings. The molecule has 0 saturated heterocycles. The number of unbranched alkanes of at least 4 members (excludes halogenated alkanes) is 1. The van der Waals surface area contributed by atoms with Crippen LogP contribution < -0.4 is 16.0 Å². The number of amides is 1. The summed E-state index contributed by atoms with van der Waals surface area (Å²) in [6.07, 6.45) is 1.69. The molecule has 2 aromatic carbocycles. The lowest BCUT2D eigenvalue weighted by Gasteiger charge is -2.12. The Kier molecular flexibility index (Phi) is 6.15. The Hall–Kier alpha value is -2.14. The zero-order chi connectivity index (χ0) is 15.8. The van der Waals surface area contributed by atoms with Gasteiger partial charge in [-0.3, -0.25) is 4.79 Å². The van der Waals surface area contributed by atoms with Crippen LogP contribution in [-0.2, 0) is 4.79 Å². The fraction of sp³-hybridized carbons (Fsp3) is 0.235. The average Bonchev–Trinajstić information content (AvgIpc) is 2.54. The van der Waals surface area contributed by atoms with Gasteiger partial charge >= 0.3 is 0 Å². The van der Waals surface area contributed by atoms with E-state index >= 15 is 0 Å². The van der Waals surface area contributed by atoms with Crippen LogP contribution in [0.2, 0.25) is 0 Å². The maximum Gasteiger partial charge on any atom is 0.239 e. The minimum atomic E-state index is -0.0736. The first kappa shape index (κ1) is 16.2. The van der Waals surface area contributed by atoms with Crippen LogP contribution in [0.25, 0.3) is 10.8 Å². The van der Waals surface area contributed by atoms with E-state index in [2.05, 4.69) is 22.9 Å². The summed E-state index contributed by atoms with van der Waals surface area (Å²) in [4.78, 5) is 11.6. The van der Waals surface area contributed by atoms with Gasteiger partial charge in [0.1, 0.15) is 0 Å². The molecule has 0 saturated carbocycles. The summed E-state index contributed by atoms with van der Waals surface area (Å²) < 4.78 is 0. The third-order valence-electron chi connectivity index (χ3n) is 3.20. The molecule has 0 heterocycles. The Morgan fingerprint density at radius 3 is 2.68 bits per heavy atom. The maximum atomic E-state index is 11.6. The zero-order valence-corrected chi connectivity index (χ0v) is 13.2. The van der Waals surface area contributed by atoms with Crippen molar-refractivity contribution in [3.8, 4) is 0 Å². The third-order valence-corrected chi connectivity index (χ3v) is 3.44. The van der Waals surface area contributed by atoms with E-state index in [1.54, 1.807) is 0 Å². The van der Waals surface area contributed by atoms with Gasteiger partial charge in [-0.2, -0.15) is 0 Å². The Labute approximate surface area is 136 Å². The van der Waals surface area contributed by atoms with E-state index in [-0.39, 0.29) is 12.5 Å². The number of fused-ring (bicyclic) bond motifs is 1. The van der Waals surface area contributed by atoms with Gasteiger partial charge in [-0.05, 0) is 30.1 Å². The highest BCUT2D eigenvalue weighted by Crippen LogP contribution is 2.22. The van der Waals surface area contributed by atoms with Crippen LogP contribution in [0.3, 0.4) is 0 Å². The first-order chi connectivity index (χ1) is 10.7. The molecule has 2 rings (SSSR count). The summed E-state index contributed by atoms with van der Waals surface area (Å²) >= 11 is 5.24. The van der Waals surface area contributed by atoms with Gasteiger partial charge in [0.15, 0.2) is 5.11 Å². The molecule has 115 valence electrons. The zero-order valence-electron chi connectivity index (χ0n) is 12.4. The molecule has 0 unspecified atom stereocenters. The molecule has 4 nitrogen and oxygen atoms in total. The monoisotopic (exact) mass is 314 g/mol. The minimum absolute atomic E-state index is 0.0736. The number of anilines is 1. The second-order valence-corrected chi connectivity index (χ2v) is 5.30. The molecule has 2 aromatic rings. The predicted molar refractivity (Wildman–Crippen MR) is 95.8 cm³/mol. The normalized spacial score (nSPS) is 10.2. The van der Waals surface area contributed by atoms with Crippen molar-refractivity contribution in [1.29, 1.82) is 0 Å². The van der Waals surface area contributed by atoms with Crippen molar-refractivity contribution in [2.45, 2.75) is 12.8 Å². The summed E-state index contributed by atoms with van der Waals surface area (Å²) in [6.45, 7) is 4.54. The molecule has 0 fully saturated rings. The van der Waals surface area contributed by atoms with E-state index in [0.29, 0.717) is 11.7 Å². The van der Waals surface area contributed by atoms with Crippen molar-refractivity contribution in [2.24, 2.45) is 0 Å². The van der Waals surface area contributed by atoms with Gasteiger partial charge in [0.05, 0.1) is 6.54 Å². The van der Waals surface area contributed by atoms with Gasteiger partial charge in [0.25, 0.3) is 0 Å². The lowest BCUT2D eigenvalue weighted by atomic mass is 10.1. The van der Waals surface area contributed by atoms with Crippen molar-refractivity contribution in [1.82, 2.24) is 10.6 Å². The van der Waals surface area contributed by atoms with Gasteiger partial charge < -0.3 is 16.0 Å². The SMILES string of the molecule is [CH2]CCCNC(=O)CNC(=S)Nc1cccc2ccccc12. The fourth-order valence-electron chi connectivity index (χ4n) is 2.08. The number of carbonyl (C=O) groups excluding carboxylic acids is 1. The van der Waals surface area contributed by atoms with Gasteiger partial charge in [-0.1, -0.05) is 49.7 Å². The standard InChI is InChI=1S/C17H20N3OS/c1-2-3-11-18-16(21)12-19-17(22)20-15-10-6-8-13-7-4-5-9-14(13)15/h4-10H,1-3,11-12H2,(H,18,21)(H2,19,20,22). The summed E-state index contributed by atoms with van der Waals surface area (Å²) in [6, 6.07) is 14.0. The van der Waals surface area contributed by atoms with Gasteiger partial charge in [-0.15, -0.1) is 0 Å². The number of thiocarbonyl (C=S) groups is 1. The second-order valence-electron chi connectivity index (χ2n) is 4.89. The molecule has 0 spiro atoms. The fourth-order valence-corrected chi connectivity index (χ4v) is 2.26. The molecule has 0 aliphatic carbocycles. The van der Waals surface area contributed by atoms with E-state index in [0.717, 1.165) is 29.3 Å². The number of nitrogens with one attached hydrogen (secondary N) is 3. The Balaban J connectivity index is 1.87. The van der Waals surface area contributed by atoms with Crippen LogP contribution in [0, 0.1) is 6.92 Å². The van der Waals surface area contributed by atoms with E-state index in [4.69, 9.17) is 12.2 Å². The van der Waals surface area contributed by atoms with E-state index in [1.165, 1.54) is 0 Å². The molecule has 5 heteroatoms. The Morgan fingerprint density at radius 1 is 1.09 bits per heavy atom. The summed E-state index contributed by atoms with van der Waals surface area (Å²) in [5.41, 5.74) is 0.924. The molecule has 22 heavy (non-hydrogen) atoms. The molecule has 3 N–H and O–H groups in total. The maximum absolute atomic E-state index is 11.6. The average molecular weight is 314 g/mol. The van der Waals surface area contributed by atoms with E-state index in [1.807, 2.05) is 42.5 Å². The largest absolute Gasteiger partial charge is 0.355 e. The van der Waals surface area contributed by atoms with Crippen LogP contribution in [0.4, 0.5) is 5.69 Å². The van der Waals surface area contributed by atoms with Crippen LogP contribution >= 0.6 is 12.2 Å². The molecular formula is C17H20N3OS. The van der Waals surface area contributed by atoms with Gasteiger partial charge in [0.2, 0.25) is 5.91 Å². The summed E-state index contributed by atoms with van der Waals surface area (Å²) in [5.74, 6) is -0.0736. The van der Waals surface area contributed by atoms with Crippen LogP contribution in [0.15, 0.2) is 42.5 Å². The smallest absolute Gasteiger partial charge is 0.239 e. The molecule has 1 radical (unpaired) electrons. The van der Waals surface area contributed by atoms with Crippen molar-refractivity contribution in [2.75, 3.05) is 18.4 Å². The highest BCUT2D eigenvalue weighted by atomic mass is 32.1. The number of hydrogen-bond acceptors (Lipinski definition) is 2. The second kappa shape index (κ2) is 8.34. The topological polar surface area (TPSA) is 53.2 Å². The molecule has 0 atom stereocenters. The van der Waals surface area contributed by atoms with Crippen molar-refractivity contribution in [3.05, 3.63) is 49.4 Å². The highest BCUT2D eigenvalue weighted by Gasteiger charge is 2.04. The summed E-state index contributed by atoms with van der Waals surface area (Å²) in [7, 11) is 0. The lowest BCUT2D eigenvalue weighted by molar-refractivity contribution is -0.119. The minimum Gasteiger partial charge on any atom is -0.355 e. The quantitative estimate of drug-likeness (QED) is 0.567. The summed E-state index contributed by atoms with van der Waals surface area (Å²) in [5, 5.41) is 11.5. The molecule has 0 aromatic heterocycles. The van der Waals surface area contributed by atoms with Crippen LogP contribution in [-0.4, -0.2) is 24.1 Å². The first-order valence-electron chi connectivity index (χ1n) is 7.29. The lowest BCUT2D eigenvalue weighted by Crippen LogP contribution is -2.39. The molecular weight excluding hydrogens is 294 g/mol. The molecule has 0 aliphatic heterocycles. The highest BCUT2D eigenvalue weighted by molar-refractivity contribution is 7.80. The van der Waals surface area contributed by atoms with Crippen molar-refractivity contribution < 1.29 is 4.79 Å². The Morgan fingerprint density at radius 2 is 1.86 bits per heavy atom. The van der Waals surface area contributed by atoms with Gasteiger partial charge in [-0.25, -0.2) is 0 Å². The van der Waals surface area contributed by atoms with Crippen LogP contribution in [0.5, 0.6) is 0 Å². The number of rotatable bonds is 6. The molecule has 0 bridgehead atoms. The Bertz CT molecular complexity index is 652. The van der Waals surface area contributed by atoms with E-state index in [9.17, 15) is 4.79 Å². The molecule has 1 amide bonds. The third kappa shape index (κ3) is 4.70. The predicted octanol–water partition coefficient (Wildman–Crippen LogP) is 2.86. The van der Waals surface area contributed by atoms with E-state index < -0.39 is 0 Å². The number of benzene rings is 2. The number of carbonyl (C=O) groups is 1.